The Morgan fingerprint density at radius 1 is 1.17 bits per heavy atom. The molecule has 0 spiro atoms. The van der Waals surface area contributed by atoms with Crippen LogP contribution in [0.4, 0.5) is 11.5 Å². The second-order valence-electron chi connectivity index (χ2n) is 3.69. The summed E-state index contributed by atoms with van der Waals surface area (Å²) in [7, 11) is 1.60. The van der Waals surface area contributed by atoms with Crippen molar-refractivity contribution < 1.29 is 9.53 Å². The van der Waals surface area contributed by atoms with Crippen LogP contribution >= 0.6 is 0 Å². The molecule has 0 saturated heterocycles. The summed E-state index contributed by atoms with van der Waals surface area (Å²) in [6, 6.07) is 10.8. The van der Waals surface area contributed by atoms with Crippen LogP contribution in [0.5, 0.6) is 5.75 Å². The van der Waals surface area contributed by atoms with E-state index >= 15 is 0 Å². The second-order valence-corrected chi connectivity index (χ2v) is 3.69. The lowest BCUT2D eigenvalue weighted by Crippen LogP contribution is -2.02. The van der Waals surface area contributed by atoms with Gasteiger partial charge in [0.25, 0.3) is 0 Å². The van der Waals surface area contributed by atoms with Gasteiger partial charge in [-0.3, -0.25) is 4.79 Å². The van der Waals surface area contributed by atoms with Crippen molar-refractivity contribution in [3.8, 4) is 5.75 Å². The summed E-state index contributed by atoms with van der Waals surface area (Å²) < 4.78 is 5.21. The molecule has 0 aliphatic heterocycles. The summed E-state index contributed by atoms with van der Waals surface area (Å²) >= 11 is 0. The zero-order valence-corrected chi connectivity index (χ0v) is 10.2. The highest BCUT2D eigenvalue weighted by Gasteiger charge is 2.05. The molecule has 0 aliphatic rings. The highest BCUT2D eigenvalue weighted by Crippen LogP contribution is 2.25. The molecule has 0 fully saturated rings. The van der Waals surface area contributed by atoms with Crippen molar-refractivity contribution in [3.05, 3.63) is 42.1 Å². The van der Waals surface area contributed by atoms with Gasteiger partial charge in [0, 0.05) is 6.92 Å². The maximum absolute atomic E-state index is 11.1. The summed E-state index contributed by atoms with van der Waals surface area (Å²) in [6.45, 7) is 1.46. The number of hydrogen-bond acceptors (Lipinski definition) is 5. The van der Waals surface area contributed by atoms with Gasteiger partial charge in [-0.15, -0.1) is 10.2 Å². The predicted molar refractivity (Wildman–Crippen MR) is 68.3 cm³/mol. The lowest BCUT2D eigenvalue weighted by Gasteiger charge is -2.09. The van der Waals surface area contributed by atoms with E-state index in [0.29, 0.717) is 11.5 Å². The largest absolute Gasteiger partial charge is 0.495 e. The summed E-state index contributed by atoms with van der Waals surface area (Å²) in [4.78, 5) is 11.1. The summed E-state index contributed by atoms with van der Waals surface area (Å²) in [5.41, 5.74) is 1.14. The van der Waals surface area contributed by atoms with E-state index in [9.17, 15) is 4.79 Å². The van der Waals surface area contributed by atoms with Crippen LogP contribution in [0.15, 0.2) is 36.4 Å². The standard InChI is InChI=1S/C13H13N3O2/c1-9(17)10-7-8-13(16-15-10)14-11-5-3-4-6-12(11)18-2/h3-8H,1-2H3,(H,14,16). The number of hydrogen-bond donors (Lipinski definition) is 1. The Hall–Kier alpha value is -2.43. The minimum Gasteiger partial charge on any atom is -0.495 e. The molecule has 5 nitrogen and oxygen atoms in total. The molecule has 2 rings (SSSR count). The predicted octanol–water partition coefficient (Wildman–Crippen LogP) is 2.43. The summed E-state index contributed by atoms with van der Waals surface area (Å²) in [6.07, 6.45) is 0. The zero-order valence-electron chi connectivity index (χ0n) is 10.2. The number of nitrogens with one attached hydrogen (secondary N) is 1. The van der Waals surface area contributed by atoms with E-state index in [-0.39, 0.29) is 5.78 Å². The maximum atomic E-state index is 11.1. The number of methoxy groups -OCH3 is 1. The van der Waals surface area contributed by atoms with Gasteiger partial charge in [0.15, 0.2) is 11.6 Å². The molecule has 1 heterocycles. The van der Waals surface area contributed by atoms with Crippen molar-refractivity contribution in [3.63, 3.8) is 0 Å². The molecule has 1 aromatic heterocycles. The zero-order chi connectivity index (χ0) is 13.0. The van der Waals surface area contributed by atoms with Crippen molar-refractivity contribution in [1.82, 2.24) is 10.2 Å². The lowest BCUT2D eigenvalue weighted by molar-refractivity contribution is 0.101. The van der Waals surface area contributed by atoms with Crippen LogP contribution in [0.3, 0.4) is 0 Å². The first-order valence-corrected chi connectivity index (χ1v) is 5.45. The van der Waals surface area contributed by atoms with Gasteiger partial charge >= 0.3 is 0 Å². The fraction of sp³-hybridized carbons (Fsp3) is 0.154. The SMILES string of the molecule is COc1ccccc1Nc1ccc(C(C)=O)nn1. The molecule has 0 bridgehead atoms. The smallest absolute Gasteiger partial charge is 0.180 e. The number of aromatic nitrogens is 2. The minimum absolute atomic E-state index is 0.105. The molecule has 0 saturated carbocycles. The fourth-order valence-corrected chi connectivity index (χ4v) is 1.47. The lowest BCUT2D eigenvalue weighted by atomic mass is 10.3. The molecule has 0 aliphatic carbocycles. The van der Waals surface area contributed by atoms with Gasteiger partial charge in [0.1, 0.15) is 11.4 Å². The Bertz CT molecular complexity index is 552. The van der Waals surface area contributed by atoms with E-state index in [0.717, 1.165) is 11.4 Å². The van der Waals surface area contributed by atoms with E-state index < -0.39 is 0 Å². The monoisotopic (exact) mass is 243 g/mol. The van der Waals surface area contributed by atoms with Gasteiger partial charge in [0.2, 0.25) is 0 Å². The third kappa shape index (κ3) is 2.63. The Morgan fingerprint density at radius 3 is 2.56 bits per heavy atom. The number of carbonyl (C=O) groups is 1. The molecule has 1 aromatic carbocycles. The first kappa shape index (κ1) is 12.0. The van der Waals surface area contributed by atoms with E-state index in [1.165, 1.54) is 6.92 Å². The normalized spacial score (nSPS) is 9.89. The molecular formula is C13H13N3O2. The molecule has 0 amide bonds. The highest BCUT2D eigenvalue weighted by atomic mass is 16.5. The van der Waals surface area contributed by atoms with Gasteiger partial charge in [-0.25, -0.2) is 0 Å². The Kier molecular flexibility index (Phi) is 3.52. The number of ketones is 1. The fourth-order valence-electron chi connectivity index (χ4n) is 1.47. The van der Waals surface area contributed by atoms with Crippen LogP contribution in [-0.4, -0.2) is 23.1 Å². The van der Waals surface area contributed by atoms with Gasteiger partial charge in [-0.2, -0.15) is 0 Å². The third-order valence-electron chi connectivity index (χ3n) is 2.39. The number of benzene rings is 1. The van der Waals surface area contributed by atoms with Crippen molar-refractivity contribution in [2.45, 2.75) is 6.92 Å². The molecule has 0 unspecified atom stereocenters. The average Bonchev–Trinajstić information content (AvgIpc) is 2.40. The van der Waals surface area contributed by atoms with Crippen molar-refractivity contribution >= 4 is 17.3 Å². The Balaban J connectivity index is 2.21. The number of nitrogens with zero attached hydrogens (tertiary/aromatic N) is 2. The third-order valence-corrected chi connectivity index (χ3v) is 2.39. The molecule has 5 heteroatoms. The number of para-hydroxylation sites is 2. The first-order chi connectivity index (χ1) is 8.70. The average molecular weight is 243 g/mol. The van der Waals surface area contributed by atoms with Gasteiger partial charge < -0.3 is 10.1 Å². The minimum atomic E-state index is -0.105. The van der Waals surface area contributed by atoms with E-state index in [4.69, 9.17) is 4.74 Å². The molecular weight excluding hydrogens is 230 g/mol. The van der Waals surface area contributed by atoms with Gasteiger partial charge in [-0.05, 0) is 24.3 Å². The number of ether oxygens (including phenoxy) is 1. The quantitative estimate of drug-likeness (QED) is 0.835. The molecule has 92 valence electrons. The van der Waals surface area contributed by atoms with Crippen LogP contribution in [0.2, 0.25) is 0 Å². The Labute approximate surface area is 105 Å². The molecule has 18 heavy (non-hydrogen) atoms. The molecule has 1 N–H and O–H groups in total. The van der Waals surface area contributed by atoms with Gasteiger partial charge in [0.05, 0.1) is 12.8 Å². The van der Waals surface area contributed by atoms with Crippen molar-refractivity contribution in [1.29, 1.82) is 0 Å². The summed E-state index contributed by atoms with van der Waals surface area (Å²) in [5, 5.41) is 10.8. The molecule has 0 atom stereocenters. The highest BCUT2D eigenvalue weighted by molar-refractivity contribution is 5.92. The number of carbonyl (C=O) groups excluding carboxylic acids is 1. The van der Waals surface area contributed by atoms with Crippen LogP contribution < -0.4 is 10.1 Å². The van der Waals surface area contributed by atoms with Crippen LogP contribution in [-0.2, 0) is 0 Å². The van der Waals surface area contributed by atoms with Gasteiger partial charge in [-0.1, -0.05) is 12.1 Å². The van der Waals surface area contributed by atoms with Crippen molar-refractivity contribution in [2.24, 2.45) is 0 Å². The Morgan fingerprint density at radius 2 is 1.94 bits per heavy atom. The second kappa shape index (κ2) is 5.27. The summed E-state index contributed by atoms with van der Waals surface area (Å²) in [5.74, 6) is 1.17. The topological polar surface area (TPSA) is 64.1 Å². The van der Waals surface area contributed by atoms with E-state index in [2.05, 4.69) is 15.5 Å². The van der Waals surface area contributed by atoms with E-state index in [1.807, 2.05) is 24.3 Å². The van der Waals surface area contributed by atoms with E-state index in [1.54, 1.807) is 19.2 Å². The first-order valence-electron chi connectivity index (χ1n) is 5.45. The molecule has 2 aromatic rings. The number of rotatable bonds is 4. The van der Waals surface area contributed by atoms with Crippen LogP contribution in [0.1, 0.15) is 17.4 Å². The number of anilines is 2. The van der Waals surface area contributed by atoms with Crippen molar-refractivity contribution in [2.75, 3.05) is 12.4 Å². The van der Waals surface area contributed by atoms with Crippen LogP contribution in [0, 0.1) is 0 Å². The number of Topliss-reactive ketones (excluding diaryl/α,β-unsaturated/α-hetero) is 1. The maximum Gasteiger partial charge on any atom is 0.180 e. The molecule has 0 radical (unpaired) electrons. The van der Waals surface area contributed by atoms with Crippen LogP contribution in [0.25, 0.3) is 0 Å².